The van der Waals surface area contributed by atoms with Crippen molar-refractivity contribution < 1.29 is 5.11 Å². The third kappa shape index (κ3) is 2.55. The highest BCUT2D eigenvalue weighted by Gasteiger charge is 2.29. The van der Waals surface area contributed by atoms with Crippen LogP contribution in [0.1, 0.15) is 23.6 Å². The van der Waals surface area contributed by atoms with Crippen molar-refractivity contribution in [1.82, 2.24) is 14.6 Å². The summed E-state index contributed by atoms with van der Waals surface area (Å²) in [5, 5.41) is 19.4. The number of hydrogen-bond donors (Lipinski definition) is 2. The van der Waals surface area contributed by atoms with Crippen molar-refractivity contribution >= 4 is 27.3 Å². The molecule has 150 valence electrons. The zero-order valence-electron chi connectivity index (χ0n) is 16.6. The summed E-state index contributed by atoms with van der Waals surface area (Å²) >= 11 is 0. The maximum absolute atomic E-state index is 12.7. The fourth-order valence-electron chi connectivity index (χ4n) is 4.28. The van der Waals surface area contributed by atoms with Gasteiger partial charge in [0.15, 0.2) is 0 Å². The average molecular weight is 400 g/mol. The SMILES string of the molecule is Cn1c(O)c(C2=NNC(c3c4ccccc4cc4ccccc34)C2)c(=O)n(C)c1=O. The summed E-state index contributed by atoms with van der Waals surface area (Å²) in [6.07, 6.45) is 0.416. The first-order valence-corrected chi connectivity index (χ1v) is 9.69. The van der Waals surface area contributed by atoms with Crippen molar-refractivity contribution in [1.29, 1.82) is 0 Å². The lowest BCUT2D eigenvalue weighted by atomic mass is 9.90. The predicted octanol–water partition coefficient (Wildman–Crippen LogP) is 2.53. The molecule has 7 heteroatoms. The number of nitrogens with one attached hydrogen (secondary N) is 1. The molecule has 2 N–H and O–H groups in total. The minimum atomic E-state index is -0.579. The molecule has 5 rings (SSSR count). The second-order valence-electron chi connectivity index (χ2n) is 7.58. The molecule has 0 spiro atoms. The van der Waals surface area contributed by atoms with Crippen LogP contribution in [0.4, 0.5) is 0 Å². The van der Waals surface area contributed by atoms with Crippen LogP contribution in [0, 0.1) is 0 Å². The Morgan fingerprint density at radius 3 is 2.20 bits per heavy atom. The van der Waals surface area contributed by atoms with Crippen molar-refractivity contribution in [2.75, 3.05) is 0 Å². The van der Waals surface area contributed by atoms with Gasteiger partial charge >= 0.3 is 5.69 Å². The summed E-state index contributed by atoms with van der Waals surface area (Å²) in [5.41, 5.74) is 3.61. The molecule has 1 aromatic heterocycles. The summed E-state index contributed by atoms with van der Waals surface area (Å²) in [6, 6.07) is 18.4. The zero-order chi connectivity index (χ0) is 21.0. The lowest BCUT2D eigenvalue weighted by Gasteiger charge is -2.17. The minimum Gasteiger partial charge on any atom is -0.494 e. The van der Waals surface area contributed by atoms with Crippen LogP contribution >= 0.6 is 0 Å². The highest BCUT2D eigenvalue weighted by molar-refractivity contribution is 6.06. The molecule has 1 unspecified atom stereocenters. The van der Waals surface area contributed by atoms with E-state index in [9.17, 15) is 14.7 Å². The fourth-order valence-corrected chi connectivity index (χ4v) is 4.28. The van der Waals surface area contributed by atoms with Gasteiger partial charge in [0.1, 0.15) is 5.56 Å². The molecule has 2 heterocycles. The van der Waals surface area contributed by atoms with Crippen molar-refractivity contribution in [3.05, 3.63) is 86.6 Å². The molecular weight excluding hydrogens is 380 g/mol. The molecule has 0 saturated heterocycles. The Hall–Kier alpha value is -3.87. The van der Waals surface area contributed by atoms with Gasteiger partial charge in [0, 0.05) is 20.5 Å². The number of nitrogens with zero attached hydrogens (tertiary/aromatic N) is 3. The highest BCUT2D eigenvalue weighted by atomic mass is 16.3. The van der Waals surface area contributed by atoms with Crippen LogP contribution in [0.3, 0.4) is 0 Å². The normalized spacial score (nSPS) is 16.1. The van der Waals surface area contributed by atoms with E-state index in [1.165, 1.54) is 14.1 Å². The van der Waals surface area contributed by atoms with Crippen LogP contribution in [-0.4, -0.2) is 20.0 Å². The molecular formula is C23H20N4O3. The Labute approximate surface area is 171 Å². The second-order valence-corrected chi connectivity index (χ2v) is 7.58. The second kappa shape index (κ2) is 6.59. The van der Waals surface area contributed by atoms with E-state index in [0.717, 1.165) is 36.2 Å². The number of fused-ring (bicyclic) bond motifs is 2. The van der Waals surface area contributed by atoms with Gasteiger partial charge in [-0.25, -0.2) is 4.79 Å². The molecule has 1 aliphatic heterocycles. The molecule has 0 radical (unpaired) electrons. The lowest BCUT2D eigenvalue weighted by Crippen LogP contribution is -2.39. The summed E-state index contributed by atoms with van der Waals surface area (Å²) in [7, 11) is 2.82. The Morgan fingerprint density at radius 1 is 0.967 bits per heavy atom. The Kier molecular flexibility index (Phi) is 3.99. The fraction of sp³-hybridized carbons (Fsp3) is 0.174. The number of hydrazone groups is 1. The van der Waals surface area contributed by atoms with Crippen LogP contribution in [0.25, 0.3) is 21.5 Å². The summed E-state index contributed by atoms with van der Waals surface area (Å²) in [4.78, 5) is 24.8. The van der Waals surface area contributed by atoms with Crippen LogP contribution in [0.2, 0.25) is 0 Å². The van der Waals surface area contributed by atoms with Gasteiger partial charge < -0.3 is 10.5 Å². The van der Waals surface area contributed by atoms with Crippen molar-refractivity contribution in [2.45, 2.75) is 12.5 Å². The minimum absolute atomic E-state index is 0.0548. The van der Waals surface area contributed by atoms with Gasteiger partial charge in [-0.05, 0) is 33.2 Å². The number of benzene rings is 3. The van der Waals surface area contributed by atoms with Crippen LogP contribution in [0.15, 0.2) is 69.3 Å². The average Bonchev–Trinajstić information content (AvgIpc) is 3.24. The third-order valence-electron chi connectivity index (χ3n) is 5.84. The summed E-state index contributed by atoms with van der Waals surface area (Å²) in [5.74, 6) is -0.368. The topological polar surface area (TPSA) is 88.6 Å². The molecule has 1 atom stereocenters. The molecule has 0 amide bonds. The number of hydrogen-bond acceptors (Lipinski definition) is 5. The quantitative estimate of drug-likeness (QED) is 0.506. The molecule has 30 heavy (non-hydrogen) atoms. The summed E-state index contributed by atoms with van der Waals surface area (Å²) in [6.45, 7) is 0. The van der Waals surface area contributed by atoms with E-state index in [1.54, 1.807) is 0 Å². The number of aromatic hydroxyl groups is 1. The molecule has 0 fully saturated rings. The molecule has 0 saturated carbocycles. The van der Waals surface area contributed by atoms with Gasteiger partial charge in [-0.1, -0.05) is 48.5 Å². The van der Waals surface area contributed by atoms with Gasteiger partial charge in [0.25, 0.3) is 5.56 Å². The first kappa shape index (κ1) is 18.2. The first-order chi connectivity index (χ1) is 14.5. The predicted molar refractivity (Wildman–Crippen MR) is 117 cm³/mol. The zero-order valence-corrected chi connectivity index (χ0v) is 16.6. The van der Waals surface area contributed by atoms with E-state index in [1.807, 2.05) is 24.3 Å². The smallest absolute Gasteiger partial charge is 0.333 e. The van der Waals surface area contributed by atoms with Crippen molar-refractivity contribution in [3.63, 3.8) is 0 Å². The number of aromatic nitrogens is 2. The Morgan fingerprint density at radius 2 is 1.57 bits per heavy atom. The summed E-state index contributed by atoms with van der Waals surface area (Å²) < 4.78 is 2.04. The van der Waals surface area contributed by atoms with Crippen LogP contribution in [-0.2, 0) is 14.1 Å². The maximum atomic E-state index is 12.7. The molecule has 7 nitrogen and oxygen atoms in total. The monoisotopic (exact) mass is 400 g/mol. The maximum Gasteiger partial charge on any atom is 0.333 e. The molecule has 3 aromatic carbocycles. The molecule has 0 bridgehead atoms. The van der Waals surface area contributed by atoms with Crippen molar-refractivity contribution in [3.8, 4) is 5.88 Å². The van der Waals surface area contributed by atoms with Crippen LogP contribution < -0.4 is 16.7 Å². The molecule has 0 aliphatic carbocycles. The highest BCUT2D eigenvalue weighted by Crippen LogP contribution is 2.36. The Balaban J connectivity index is 1.66. The van der Waals surface area contributed by atoms with E-state index in [-0.39, 0.29) is 17.5 Å². The van der Waals surface area contributed by atoms with E-state index < -0.39 is 11.2 Å². The third-order valence-corrected chi connectivity index (χ3v) is 5.84. The van der Waals surface area contributed by atoms with E-state index >= 15 is 0 Å². The number of rotatable bonds is 2. The van der Waals surface area contributed by atoms with E-state index in [0.29, 0.717) is 12.1 Å². The van der Waals surface area contributed by atoms with Gasteiger partial charge in [-0.3, -0.25) is 13.9 Å². The molecule has 1 aliphatic rings. The Bertz CT molecular complexity index is 1430. The van der Waals surface area contributed by atoms with Crippen molar-refractivity contribution in [2.24, 2.45) is 19.2 Å². The largest absolute Gasteiger partial charge is 0.494 e. The standard InChI is InChI=1S/C23H20N4O3/c1-26-21(28)20(22(29)27(2)23(26)30)18-12-17(24-25-18)19-15-9-5-3-7-13(15)11-14-8-4-6-10-16(14)19/h3-11,17,24,28H,12H2,1-2H3. The lowest BCUT2D eigenvalue weighted by molar-refractivity contribution is 0.410. The van der Waals surface area contributed by atoms with E-state index in [4.69, 9.17) is 0 Å². The van der Waals surface area contributed by atoms with Gasteiger partial charge in [-0.2, -0.15) is 5.10 Å². The molecule has 4 aromatic rings. The first-order valence-electron chi connectivity index (χ1n) is 9.69. The van der Waals surface area contributed by atoms with Gasteiger partial charge in [0.05, 0.1) is 11.8 Å². The van der Waals surface area contributed by atoms with Crippen LogP contribution in [0.5, 0.6) is 5.88 Å². The van der Waals surface area contributed by atoms with Gasteiger partial charge in [0.2, 0.25) is 5.88 Å². The van der Waals surface area contributed by atoms with E-state index in [2.05, 4.69) is 40.9 Å². The van der Waals surface area contributed by atoms with Gasteiger partial charge in [-0.15, -0.1) is 0 Å².